The Morgan fingerprint density at radius 1 is 1.21 bits per heavy atom. The monoisotopic (exact) mass is 327 g/mol. The number of piperidine rings is 1. The lowest BCUT2D eigenvalue weighted by molar-refractivity contribution is -0.0248. The fourth-order valence-corrected chi connectivity index (χ4v) is 4.26. The van der Waals surface area contributed by atoms with E-state index < -0.39 is 0 Å². The summed E-state index contributed by atoms with van der Waals surface area (Å²) < 4.78 is 11.3. The second-order valence-corrected chi connectivity index (χ2v) is 6.86. The molecule has 0 aromatic carbocycles. The molecule has 2 saturated heterocycles. The zero-order chi connectivity index (χ0) is 16.4. The van der Waals surface area contributed by atoms with E-state index in [9.17, 15) is 0 Å². The molecule has 0 spiro atoms. The standard InChI is InChI=1S/C19H25N3O2/c1-23-19-7-9-22(11-15-5-2-3-8-20-15)18-14-21(13-17(18)19)12-16-6-4-10-24-16/h2-6,8,10,17-19H,7,9,11-14H2,1H3/t17-,18+,19-/m1/s1. The van der Waals surface area contributed by atoms with E-state index in [1.807, 2.05) is 25.4 Å². The van der Waals surface area contributed by atoms with E-state index in [1.165, 1.54) is 0 Å². The lowest BCUT2D eigenvalue weighted by Crippen LogP contribution is -2.50. The quantitative estimate of drug-likeness (QED) is 0.843. The number of hydrogen-bond donors (Lipinski definition) is 0. The highest BCUT2D eigenvalue weighted by atomic mass is 16.5. The van der Waals surface area contributed by atoms with E-state index in [0.717, 1.165) is 50.6 Å². The van der Waals surface area contributed by atoms with Crippen molar-refractivity contribution in [2.45, 2.75) is 31.7 Å². The van der Waals surface area contributed by atoms with Gasteiger partial charge in [-0.3, -0.25) is 14.8 Å². The van der Waals surface area contributed by atoms with Crippen LogP contribution in [0.2, 0.25) is 0 Å². The summed E-state index contributed by atoms with van der Waals surface area (Å²) >= 11 is 0. The van der Waals surface area contributed by atoms with E-state index in [0.29, 0.717) is 18.1 Å². The van der Waals surface area contributed by atoms with Crippen LogP contribution in [0.5, 0.6) is 0 Å². The van der Waals surface area contributed by atoms with Crippen molar-refractivity contribution in [3.63, 3.8) is 0 Å². The summed E-state index contributed by atoms with van der Waals surface area (Å²) in [5, 5.41) is 0. The van der Waals surface area contributed by atoms with Gasteiger partial charge in [0.1, 0.15) is 5.76 Å². The summed E-state index contributed by atoms with van der Waals surface area (Å²) in [6.07, 6.45) is 5.09. The Balaban J connectivity index is 1.47. The van der Waals surface area contributed by atoms with E-state index >= 15 is 0 Å². The van der Waals surface area contributed by atoms with Gasteiger partial charge in [-0.05, 0) is 30.7 Å². The Morgan fingerprint density at radius 2 is 2.17 bits per heavy atom. The highest BCUT2D eigenvalue weighted by Gasteiger charge is 2.44. The van der Waals surface area contributed by atoms with E-state index in [-0.39, 0.29) is 0 Å². The molecule has 0 radical (unpaired) electrons. The van der Waals surface area contributed by atoms with Crippen LogP contribution in [0.4, 0.5) is 0 Å². The Morgan fingerprint density at radius 3 is 2.92 bits per heavy atom. The van der Waals surface area contributed by atoms with Gasteiger partial charge >= 0.3 is 0 Å². The van der Waals surface area contributed by atoms with Crippen LogP contribution in [0.15, 0.2) is 47.2 Å². The molecule has 128 valence electrons. The molecular formula is C19H25N3O2. The number of fused-ring (bicyclic) bond motifs is 1. The first-order chi connectivity index (χ1) is 11.8. The molecule has 0 bridgehead atoms. The second kappa shape index (κ2) is 7.05. The van der Waals surface area contributed by atoms with Crippen LogP contribution in [0, 0.1) is 5.92 Å². The fraction of sp³-hybridized carbons (Fsp3) is 0.526. The SMILES string of the molecule is CO[C@@H]1CCN(Cc2ccccn2)[C@H]2CN(Cc3ccco3)C[C@@H]12. The minimum absolute atomic E-state index is 0.358. The molecule has 0 amide bonds. The number of methoxy groups -OCH3 is 1. The van der Waals surface area contributed by atoms with Crippen molar-refractivity contribution in [1.29, 1.82) is 0 Å². The molecule has 2 aromatic rings. The third kappa shape index (κ3) is 3.24. The molecule has 2 aromatic heterocycles. The Labute approximate surface area is 143 Å². The maximum absolute atomic E-state index is 5.79. The molecular weight excluding hydrogens is 302 g/mol. The zero-order valence-corrected chi connectivity index (χ0v) is 14.2. The molecule has 0 unspecified atom stereocenters. The molecule has 4 rings (SSSR count). The van der Waals surface area contributed by atoms with Gasteiger partial charge in [-0.1, -0.05) is 6.07 Å². The summed E-state index contributed by atoms with van der Waals surface area (Å²) in [7, 11) is 1.85. The van der Waals surface area contributed by atoms with Crippen LogP contribution in [0.3, 0.4) is 0 Å². The van der Waals surface area contributed by atoms with Crippen LogP contribution >= 0.6 is 0 Å². The number of ether oxygens (including phenoxy) is 1. The van der Waals surface area contributed by atoms with Crippen LogP contribution in [0.25, 0.3) is 0 Å². The van der Waals surface area contributed by atoms with Gasteiger partial charge < -0.3 is 9.15 Å². The van der Waals surface area contributed by atoms with Crippen LogP contribution in [0.1, 0.15) is 17.9 Å². The Kier molecular flexibility index (Phi) is 4.65. The normalized spacial score (nSPS) is 28.1. The molecule has 4 heterocycles. The third-order valence-electron chi connectivity index (χ3n) is 5.41. The minimum Gasteiger partial charge on any atom is -0.468 e. The molecule has 0 N–H and O–H groups in total. The number of hydrogen-bond acceptors (Lipinski definition) is 5. The molecule has 3 atom stereocenters. The molecule has 0 saturated carbocycles. The zero-order valence-electron chi connectivity index (χ0n) is 14.2. The van der Waals surface area contributed by atoms with Gasteiger partial charge in [0.25, 0.3) is 0 Å². The van der Waals surface area contributed by atoms with Crippen LogP contribution in [-0.4, -0.2) is 53.7 Å². The molecule has 0 aliphatic carbocycles. The molecule has 2 aliphatic heterocycles. The van der Waals surface area contributed by atoms with Crippen molar-refractivity contribution >= 4 is 0 Å². The number of aromatic nitrogens is 1. The molecule has 2 aliphatic rings. The van der Waals surface area contributed by atoms with Crippen LogP contribution < -0.4 is 0 Å². The maximum Gasteiger partial charge on any atom is 0.117 e. The van der Waals surface area contributed by atoms with Crippen LogP contribution in [-0.2, 0) is 17.8 Å². The lowest BCUT2D eigenvalue weighted by Gasteiger charge is -2.41. The van der Waals surface area contributed by atoms with Gasteiger partial charge in [-0.25, -0.2) is 0 Å². The average molecular weight is 327 g/mol. The summed E-state index contributed by atoms with van der Waals surface area (Å²) in [5.41, 5.74) is 1.15. The second-order valence-electron chi connectivity index (χ2n) is 6.86. The molecule has 2 fully saturated rings. The van der Waals surface area contributed by atoms with E-state index in [4.69, 9.17) is 9.15 Å². The number of pyridine rings is 1. The van der Waals surface area contributed by atoms with Gasteiger partial charge in [0.05, 0.1) is 24.6 Å². The topological polar surface area (TPSA) is 41.7 Å². The summed E-state index contributed by atoms with van der Waals surface area (Å²) in [6, 6.07) is 10.7. The molecule has 5 heteroatoms. The minimum atomic E-state index is 0.358. The Bertz CT molecular complexity index is 631. The largest absolute Gasteiger partial charge is 0.468 e. The van der Waals surface area contributed by atoms with Gasteiger partial charge in [-0.2, -0.15) is 0 Å². The lowest BCUT2D eigenvalue weighted by atomic mass is 9.89. The fourth-order valence-electron chi connectivity index (χ4n) is 4.26. The van der Waals surface area contributed by atoms with Gasteiger partial charge in [-0.15, -0.1) is 0 Å². The molecule has 5 nitrogen and oxygen atoms in total. The number of nitrogens with zero attached hydrogens (tertiary/aromatic N) is 3. The summed E-state index contributed by atoms with van der Waals surface area (Å²) in [5.74, 6) is 1.60. The van der Waals surface area contributed by atoms with Gasteiger partial charge in [0.2, 0.25) is 0 Å². The van der Waals surface area contributed by atoms with Gasteiger partial charge in [0.15, 0.2) is 0 Å². The highest BCUT2D eigenvalue weighted by molar-refractivity contribution is 5.07. The predicted octanol–water partition coefficient (Wildman–Crippen LogP) is 2.40. The van der Waals surface area contributed by atoms with Crippen molar-refractivity contribution < 1.29 is 9.15 Å². The average Bonchev–Trinajstić information content (AvgIpc) is 3.26. The van der Waals surface area contributed by atoms with Crippen molar-refractivity contribution in [2.24, 2.45) is 5.92 Å². The number of likely N-dealkylation sites (tertiary alicyclic amines) is 2. The first kappa shape index (κ1) is 15.8. The smallest absolute Gasteiger partial charge is 0.117 e. The van der Waals surface area contributed by atoms with E-state index in [2.05, 4.69) is 33.0 Å². The predicted molar refractivity (Wildman–Crippen MR) is 91.3 cm³/mol. The Hall–Kier alpha value is -1.69. The number of furan rings is 1. The van der Waals surface area contributed by atoms with E-state index in [1.54, 1.807) is 6.26 Å². The third-order valence-corrected chi connectivity index (χ3v) is 5.41. The maximum atomic E-state index is 5.79. The summed E-state index contributed by atoms with van der Waals surface area (Å²) in [4.78, 5) is 9.59. The van der Waals surface area contributed by atoms with Crippen molar-refractivity contribution in [3.05, 3.63) is 54.2 Å². The molecule has 24 heavy (non-hydrogen) atoms. The number of rotatable bonds is 5. The van der Waals surface area contributed by atoms with Gasteiger partial charge in [0, 0.05) is 51.4 Å². The summed E-state index contributed by atoms with van der Waals surface area (Å²) in [6.45, 7) is 5.02. The highest BCUT2D eigenvalue weighted by Crippen LogP contribution is 2.33. The first-order valence-electron chi connectivity index (χ1n) is 8.75. The van der Waals surface area contributed by atoms with Crippen molar-refractivity contribution in [1.82, 2.24) is 14.8 Å². The first-order valence-corrected chi connectivity index (χ1v) is 8.75. The van der Waals surface area contributed by atoms with Crippen molar-refractivity contribution in [3.8, 4) is 0 Å². The van der Waals surface area contributed by atoms with Crippen molar-refractivity contribution in [2.75, 3.05) is 26.7 Å².